The molecular weight excluding hydrogens is 606 g/mol. The first-order chi connectivity index (χ1) is 19.0. The van der Waals surface area contributed by atoms with Gasteiger partial charge >= 0.3 is 17.9 Å². The molecule has 0 saturated carbocycles. The lowest BCUT2D eigenvalue weighted by Gasteiger charge is -2.41. The van der Waals surface area contributed by atoms with Crippen LogP contribution in [0.5, 0.6) is 0 Å². The molecule has 1 saturated heterocycles. The standard InChI is InChI=1S/C26H26Cl4N4O6/c1-5-38-22(35)21-31-32(19-10-8-15(27)12-17(19)29)26(24(37)40-7-3)14-25(4,23(36)39-6-2)33(34(21)26)20-11-9-16(28)13-18(20)30/h8-13H,5-7,14H2,1-4H3. The van der Waals surface area contributed by atoms with E-state index in [1.807, 2.05) is 0 Å². The molecule has 2 aliphatic rings. The second-order valence-corrected chi connectivity index (χ2v) is 10.7. The summed E-state index contributed by atoms with van der Waals surface area (Å²) >= 11 is 25.6. The van der Waals surface area contributed by atoms with Crippen molar-refractivity contribution in [3.8, 4) is 0 Å². The SMILES string of the molecule is CCOC(=O)C1=NN(c2ccc(Cl)cc2Cl)C2(C(=O)OCC)CC(C)(C(=O)OCC)N(c3ccc(Cl)cc3Cl)N12. The molecule has 0 bridgehead atoms. The Morgan fingerprint density at radius 1 is 0.800 bits per heavy atom. The summed E-state index contributed by atoms with van der Waals surface area (Å²) in [5.74, 6) is -2.69. The number of rotatable bonds is 8. The molecule has 0 aliphatic carbocycles. The van der Waals surface area contributed by atoms with Gasteiger partial charge in [-0.25, -0.2) is 24.4 Å². The van der Waals surface area contributed by atoms with E-state index in [-0.39, 0.29) is 53.5 Å². The van der Waals surface area contributed by atoms with Crippen molar-refractivity contribution in [3.05, 3.63) is 56.5 Å². The van der Waals surface area contributed by atoms with Crippen LogP contribution < -0.4 is 10.0 Å². The molecule has 1 fully saturated rings. The zero-order chi connectivity index (χ0) is 29.4. The number of hydrazine groups is 1. The van der Waals surface area contributed by atoms with Gasteiger partial charge in [0.25, 0.3) is 11.5 Å². The third-order valence-corrected chi connectivity index (χ3v) is 7.48. The molecule has 2 unspecified atom stereocenters. The molecule has 0 spiro atoms. The molecule has 2 aliphatic heterocycles. The second-order valence-electron chi connectivity index (χ2n) is 8.98. The molecule has 0 aromatic heterocycles. The highest BCUT2D eigenvalue weighted by atomic mass is 35.5. The molecule has 0 radical (unpaired) electrons. The highest BCUT2D eigenvalue weighted by Gasteiger charge is 2.73. The van der Waals surface area contributed by atoms with Crippen molar-refractivity contribution in [2.75, 3.05) is 29.8 Å². The third kappa shape index (κ3) is 4.81. The van der Waals surface area contributed by atoms with E-state index >= 15 is 0 Å². The fourth-order valence-corrected chi connectivity index (χ4v) is 5.84. The average molecular weight is 632 g/mol. The van der Waals surface area contributed by atoms with Crippen molar-refractivity contribution in [3.63, 3.8) is 0 Å². The Labute approximate surface area is 251 Å². The minimum atomic E-state index is -1.94. The molecule has 14 heteroatoms. The summed E-state index contributed by atoms with van der Waals surface area (Å²) in [5, 5.41) is 9.38. The summed E-state index contributed by atoms with van der Waals surface area (Å²) in [6.07, 6.45) is -0.290. The van der Waals surface area contributed by atoms with Crippen LogP contribution in [0.4, 0.5) is 11.4 Å². The number of amidine groups is 1. The van der Waals surface area contributed by atoms with Gasteiger partial charge in [-0.05, 0) is 64.1 Å². The predicted octanol–water partition coefficient (Wildman–Crippen LogP) is 5.71. The van der Waals surface area contributed by atoms with Gasteiger partial charge in [0.05, 0.1) is 41.2 Å². The molecule has 2 atom stereocenters. The van der Waals surface area contributed by atoms with Gasteiger partial charge < -0.3 is 14.2 Å². The van der Waals surface area contributed by atoms with Crippen molar-refractivity contribution in [2.24, 2.45) is 5.10 Å². The van der Waals surface area contributed by atoms with E-state index < -0.39 is 29.1 Å². The number of ether oxygens (including phenoxy) is 3. The monoisotopic (exact) mass is 630 g/mol. The smallest absolute Gasteiger partial charge is 0.377 e. The first kappa shape index (κ1) is 30.0. The molecule has 10 nitrogen and oxygen atoms in total. The van der Waals surface area contributed by atoms with Crippen LogP contribution in [0.3, 0.4) is 0 Å². The number of hydrogen-bond donors (Lipinski definition) is 0. The summed E-state index contributed by atoms with van der Waals surface area (Å²) in [6, 6.07) is 9.15. The first-order valence-corrected chi connectivity index (χ1v) is 13.9. The molecule has 0 amide bonds. The van der Waals surface area contributed by atoms with Crippen molar-refractivity contribution in [1.82, 2.24) is 5.01 Å². The molecule has 2 aromatic carbocycles. The largest absolute Gasteiger partial charge is 0.464 e. The lowest BCUT2D eigenvalue weighted by atomic mass is 9.90. The van der Waals surface area contributed by atoms with Gasteiger partial charge in [-0.3, -0.25) is 5.01 Å². The summed E-state index contributed by atoms with van der Waals surface area (Å²) in [4.78, 5) is 41.2. The fraction of sp³-hybridized carbons (Fsp3) is 0.385. The number of anilines is 2. The van der Waals surface area contributed by atoms with Crippen LogP contribution in [0.15, 0.2) is 41.5 Å². The molecule has 2 heterocycles. The van der Waals surface area contributed by atoms with E-state index in [0.29, 0.717) is 10.0 Å². The molecular formula is C26H26Cl4N4O6. The van der Waals surface area contributed by atoms with E-state index in [4.69, 9.17) is 60.6 Å². The van der Waals surface area contributed by atoms with Crippen molar-refractivity contribution < 1.29 is 28.6 Å². The van der Waals surface area contributed by atoms with Crippen LogP contribution in [0.1, 0.15) is 34.1 Å². The van der Waals surface area contributed by atoms with Crippen molar-refractivity contribution in [2.45, 2.75) is 45.3 Å². The Morgan fingerprint density at radius 2 is 1.32 bits per heavy atom. The molecule has 0 N–H and O–H groups in total. The summed E-state index contributed by atoms with van der Waals surface area (Å²) in [6.45, 7) is 6.53. The van der Waals surface area contributed by atoms with Crippen LogP contribution in [0.25, 0.3) is 0 Å². The zero-order valence-corrected chi connectivity index (χ0v) is 25.1. The Bertz CT molecular complexity index is 1390. The lowest BCUT2D eigenvalue weighted by Crippen LogP contribution is -2.63. The number of fused-ring (bicyclic) bond motifs is 1. The molecule has 40 heavy (non-hydrogen) atoms. The topological polar surface area (TPSA) is 101 Å². The highest BCUT2D eigenvalue weighted by Crippen LogP contribution is 2.53. The van der Waals surface area contributed by atoms with E-state index in [2.05, 4.69) is 5.10 Å². The predicted molar refractivity (Wildman–Crippen MR) is 153 cm³/mol. The Balaban J connectivity index is 2.09. The maximum Gasteiger partial charge on any atom is 0.377 e. The average Bonchev–Trinajstić information content (AvgIpc) is 3.35. The Hall–Kier alpha value is -2.92. The van der Waals surface area contributed by atoms with Gasteiger partial charge in [-0.1, -0.05) is 46.4 Å². The Morgan fingerprint density at radius 3 is 1.85 bits per heavy atom. The van der Waals surface area contributed by atoms with Crippen molar-refractivity contribution in [1.29, 1.82) is 0 Å². The van der Waals surface area contributed by atoms with Gasteiger partial charge in [0.1, 0.15) is 0 Å². The van der Waals surface area contributed by atoms with Gasteiger partial charge in [-0.2, -0.15) is 0 Å². The van der Waals surface area contributed by atoms with Crippen LogP contribution in [0.2, 0.25) is 20.1 Å². The van der Waals surface area contributed by atoms with E-state index in [9.17, 15) is 14.4 Å². The van der Waals surface area contributed by atoms with Crippen LogP contribution in [-0.2, 0) is 28.6 Å². The minimum Gasteiger partial charge on any atom is -0.464 e. The molecule has 2 aromatic rings. The molecule has 214 valence electrons. The van der Waals surface area contributed by atoms with Crippen LogP contribution >= 0.6 is 46.4 Å². The number of hydrazone groups is 1. The van der Waals surface area contributed by atoms with Gasteiger partial charge in [0.15, 0.2) is 5.54 Å². The summed E-state index contributed by atoms with van der Waals surface area (Å²) in [5.41, 5.74) is -3.10. The minimum absolute atomic E-state index is 0.0106. The van der Waals surface area contributed by atoms with Crippen LogP contribution in [-0.4, -0.2) is 59.8 Å². The summed E-state index contributed by atoms with van der Waals surface area (Å²) in [7, 11) is 0. The number of benzene rings is 2. The normalized spacial score (nSPS) is 21.7. The van der Waals surface area contributed by atoms with Gasteiger partial charge in [0.2, 0.25) is 0 Å². The second kappa shape index (κ2) is 11.5. The number of esters is 3. The molecule has 4 rings (SSSR count). The quantitative estimate of drug-likeness (QED) is 0.268. The number of hydrogen-bond acceptors (Lipinski definition) is 10. The lowest BCUT2D eigenvalue weighted by molar-refractivity contribution is -0.154. The number of carbonyl (C=O) groups is 3. The van der Waals surface area contributed by atoms with E-state index in [1.165, 1.54) is 27.2 Å². The highest BCUT2D eigenvalue weighted by molar-refractivity contribution is 6.40. The number of carbonyl (C=O) groups excluding carboxylic acids is 3. The third-order valence-electron chi connectivity index (χ3n) is 6.41. The van der Waals surface area contributed by atoms with Gasteiger partial charge in [-0.15, -0.1) is 5.10 Å². The zero-order valence-electron chi connectivity index (χ0n) is 22.0. The number of halogens is 4. The van der Waals surface area contributed by atoms with Crippen LogP contribution in [0, 0.1) is 0 Å². The maximum absolute atomic E-state index is 14.1. The van der Waals surface area contributed by atoms with E-state index in [1.54, 1.807) is 52.0 Å². The Kier molecular flexibility index (Phi) is 8.65. The first-order valence-electron chi connectivity index (χ1n) is 12.4. The number of nitrogens with zero attached hydrogens (tertiary/aromatic N) is 4. The summed E-state index contributed by atoms with van der Waals surface area (Å²) < 4.78 is 16.3. The van der Waals surface area contributed by atoms with Gasteiger partial charge in [0, 0.05) is 16.5 Å². The fourth-order valence-electron chi connectivity index (χ4n) is 4.86. The van der Waals surface area contributed by atoms with Crippen molar-refractivity contribution >= 4 is 81.5 Å². The van der Waals surface area contributed by atoms with E-state index in [0.717, 1.165) is 0 Å². The maximum atomic E-state index is 14.1.